The Bertz CT molecular complexity index is 467. The lowest BCUT2D eigenvalue weighted by Gasteiger charge is -2.11. The molecule has 1 heterocycles. The SMILES string of the molecule is CNCC(O)c1cc2[nH]ccc2cc1F. The van der Waals surface area contributed by atoms with Gasteiger partial charge in [0.25, 0.3) is 0 Å². The average Bonchev–Trinajstić information content (AvgIpc) is 2.63. The molecular formula is C11H13FN2O. The summed E-state index contributed by atoms with van der Waals surface area (Å²) < 4.78 is 13.6. The third kappa shape index (κ3) is 1.86. The number of rotatable bonds is 3. The second-order valence-corrected chi connectivity index (χ2v) is 3.51. The van der Waals surface area contributed by atoms with Gasteiger partial charge in [-0.3, -0.25) is 0 Å². The summed E-state index contributed by atoms with van der Waals surface area (Å²) in [7, 11) is 1.72. The van der Waals surface area contributed by atoms with E-state index in [0.29, 0.717) is 12.1 Å². The van der Waals surface area contributed by atoms with Crippen LogP contribution in [0.5, 0.6) is 0 Å². The fourth-order valence-electron chi connectivity index (χ4n) is 1.65. The topological polar surface area (TPSA) is 48.0 Å². The molecule has 80 valence electrons. The highest BCUT2D eigenvalue weighted by Crippen LogP contribution is 2.22. The first kappa shape index (κ1) is 10.1. The monoisotopic (exact) mass is 208 g/mol. The maximum atomic E-state index is 13.6. The van der Waals surface area contributed by atoms with E-state index in [1.807, 2.05) is 0 Å². The summed E-state index contributed by atoms with van der Waals surface area (Å²) in [6, 6.07) is 4.87. The number of aliphatic hydroxyl groups excluding tert-OH is 1. The largest absolute Gasteiger partial charge is 0.387 e. The molecule has 15 heavy (non-hydrogen) atoms. The number of aromatic amines is 1. The maximum absolute atomic E-state index is 13.6. The van der Waals surface area contributed by atoms with Gasteiger partial charge in [0.15, 0.2) is 0 Å². The van der Waals surface area contributed by atoms with Crippen LogP contribution in [0.15, 0.2) is 24.4 Å². The average molecular weight is 208 g/mol. The molecule has 0 saturated carbocycles. The molecule has 2 aromatic rings. The van der Waals surface area contributed by atoms with Crippen LogP contribution in [0, 0.1) is 5.82 Å². The normalized spacial score (nSPS) is 13.3. The molecule has 1 atom stereocenters. The number of benzene rings is 1. The number of fused-ring (bicyclic) bond motifs is 1. The van der Waals surface area contributed by atoms with Crippen molar-refractivity contribution in [1.29, 1.82) is 0 Å². The summed E-state index contributed by atoms with van der Waals surface area (Å²) in [6.07, 6.45) is 0.931. The van der Waals surface area contributed by atoms with E-state index in [9.17, 15) is 9.50 Å². The van der Waals surface area contributed by atoms with Gasteiger partial charge in [0, 0.05) is 29.2 Å². The minimum absolute atomic E-state index is 0.319. The molecule has 2 rings (SSSR count). The van der Waals surface area contributed by atoms with Gasteiger partial charge in [-0.25, -0.2) is 4.39 Å². The lowest BCUT2D eigenvalue weighted by Crippen LogP contribution is -2.17. The van der Waals surface area contributed by atoms with Gasteiger partial charge >= 0.3 is 0 Å². The van der Waals surface area contributed by atoms with E-state index in [4.69, 9.17) is 0 Å². The van der Waals surface area contributed by atoms with E-state index in [1.165, 1.54) is 6.07 Å². The lowest BCUT2D eigenvalue weighted by atomic mass is 10.1. The van der Waals surface area contributed by atoms with Crippen LogP contribution >= 0.6 is 0 Å². The Kier molecular flexibility index (Phi) is 2.70. The predicted molar refractivity (Wildman–Crippen MR) is 57.1 cm³/mol. The first-order chi connectivity index (χ1) is 7.22. The molecule has 0 bridgehead atoms. The van der Waals surface area contributed by atoms with Crippen molar-refractivity contribution in [2.45, 2.75) is 6.10 Å². The summed E-state index contributed by atoms with van der Waals surface area (Å²) in [4.78, 5) is 2.99. The second-order valence-electron chi connectivity index (χ2n) is 3.51. The van der Waals surface area contributed by atoms with Crippen molar-refractivity contribution in [2.24, 2.45) is 0 Å². The zero-order valence-corrected chi connectivity index (χ0v) is 8.42. The quantitative estimate of drug-likeness (QED) is 0.717. The van der Waals surface area contributed by atoms with Gasteiger partial charge in [-0.15, -0.1) is 0 Å². The van der Waals surface area contributed by atoms with E-state index in [1.54, 1.807) is 25.4 Å². The number of likely N-dealkylation sites (N-methyl/N-ethyl adjacent to an activating group) is 1. The maximum Gasteiger partial charge on any atom is 0.129 e. The van der Waals surface area contributed by atoms with Gasteiger partial charge in [-0.05, 0) is 25.2 Å². The Hall–Kier alpha value is -1.39. The summed E-state index contributed by atoms with van der Waals surface area (Å²) in [5, 5.41) is 13.3. The fourth-order valence-corrected chi connectivity index (χ4v) is 1.65. The molecule has 0 fully saturated rings. The highest BCUT2D eigenvalue weighted by molar-refractivity contribution is 5.80. The molecule has 0 aliphatic rings. The van der Waals surface area contributed by atoms with Gasteiger partial charge in [0.1, 0.15) is 5.82 Å². The minimum Gasteiger partial charge on any atom is -0.387 e. The Morgan fingerprint density at radius 3 is 3.07 bits per heavy atom. The number of aromatic nitrogens is 1. The summed E-state index contributed by atoms with van der Waals surface area (Å²) in [5.74, 6) is -0.371. The van der Waals surface area contributed by atoms with E-state index in [0.717, 1.165) is 10.9 Å². The van der Waals surface area contributed by atoms with Crippen molar-refractivity contribution < 1.29 is 9.50 Å². The lowest BCUT2D eigenvalue weighted by molar-refractivity contribution is 0.173. The second kappa shape index (κ2) is 4.00. The highest BCUT2D eigenvalue weighted by Gasteiger charge is 2.13. The van der Waals surface area contributed by atoms with Crippen LogP contribution < -0.4 is 5.32 Å². The van der Waals surface area contributed by atoms with Crippen molar-refractivity contribution in [3.05, 3.63) is 35.8 Å². The number of nitrogens with one attached hydrogen (secondary N) is 2. The van der Waals surface area contributed by atoms with E-state index in [-0.39, 0.29) is 5.82 Å². The van der Waals surface area contributed by atoms with Gasteiger partial charge in [0.2, 0.25) is 0 Å². The first-order valence-corrected chi connectivity index (χ1v) is 4.81. The molecule has 0 aliphatic heterocycles. The number of halogens is 1. The van der Waals surface area contributed by atoms with Crippen LogP contribution in [0.4, 0.5) is 4.39 Å². The molecule has 0 aliphatic carbocycles. The third-order valence-electron chi connectivity index (χ3n) is 2.43. The molecule has 0 amide bonds. The van der Waals surface area contributed by atoms with Crippen LogP contribution in [0.25, 0.3) is 10.9 Å². The van der Waals surface area contributed by atoms with Gasteiger partial charge in [0.05, 0.1) is 6.10 Å². The van der Waals surface area contributed by atoms with E-state index >= 15 is 0 Å². The molecule has 0 spiro atoms. The fraction of sp³-hybridized carbons (Fsp3) is 0.273. The predicted octanol–water partition coefficient (Wildman–Crippen LogP) is 1.56. The molecule has 3 nitrogen and oxygen atoms in total. The summed E-state index contributed by atoms with van der Waals surface area (Å²) in [6.45, 7) is 0.336. The molecule has 0 radical (unpaired) electrons. The Morgan fingerprint density at radius 2 is 2.33 bits per heavy atom. The van der Waals surface area contributed by atoms with Crippen molar-refractivity contribution >= 4 is 10.9 Å². The van der Waals surface area contributed by atoms with Crippen LogP contribution in [0.1, 0.15) is 11.7 Å². The molecule has 1 unspecified atom stereocenters. The number of H-pyrrole nitrogens is 1. The van der Waals surface area contributed by atoms with Gasteiger partial charge in [-0.1, -0.05) is 0 Å². The number of aliphatic hydroxyl groups is 1. The summed E-state index contributed by atoms with van der Waals surface area (Å²) >= 11 is 0. The zero-order valence-electron chi connectivity index (χ0n) is 8.42. The van der Waals surface area contributed by atoms with Crippen molar-refractivity contribution in [1.82, 2.24) is 10.3 Å². The first-order valence-electron chi connectivity index (χ1n) is 4.81. The van der Waals surface area contributed by atoms with Crippen LogP contribution in [0.3, 0.4) is 0 Å². The minimum atomic E-state index is -0.817. The molecule has 3 N–H and O–H groups in total. The van der Waals surface area contributed by atoms with Crippen LogP contribution in [-0.2, 0) is 0 Å². The zero-order chi connectivity index (χ0) is 10.8. The Balaban J connectivity index is 2.45. The van der Waals surface area contributed by atoms with Crippen molar-refractivity contribution in [3.8, 4) is 0 Å². The molecular weight excluding hydrogens is 195 g/mol. The highest BCUT2D eigenvalue weighted by atomic mass is 19.1. The third-order valence-corrected chi connectivity index (χ3v) is 2.43. The molecule has 4 heteroatoms. The molecule has 0 saturated heterocycles. The van der Waals surface area contributed by atoms with Crippen molar-refractivity contribution in [2.75, 3.05) is 13.6 Å². The number of hydrogen-bond donors (Lipinski definition) is 3. The number of hydrogen-bond acceptors (Lipinski definition) is 2. The van der Waals surface area contributed by atoms with Gasteiger partial charge in [-0.2, -0.15) is 0 Å². The standard InChI is InChI=1S/C11H13FN2O/c1-13-6-11(15)8-5-10-7(2-3-14-10)4-9(8)12/h2-5,11,13-15H,6H2,1H3. The van der Waals surface area contributed by atoms with Crippen molar-refractivity contribution in [3.63, 3.8) is 0 Å². The van der Waals surface area contributed by atoms with E-state index < -0.39 is 6.10 Å². The molecule has 1 aromatic carbocycles. The Morgan fingerprint density at radius 1 is 1.53 bits per heavy atom. The van der Waals surface area contributed by atoms with Crippen LogP contribution in [-0.4, -0.2) is 23.7 Å². The molecule has 1 aromatic heterocycles. The van der Waals surface area contributed by atoms with Crippen LogP contribution in [0.2, 0.25) is 0 Å². The summed E-state index contributed by atoms with van der Waals surface area (Å²) in [5.41, 5.74) is 1.15. The smallest absolute Gasteiger partial charge is 0.129 e. The Labute approximate surface area is 86.9 Å². The van der Waals surface area contributed by atoms with E-state index in [2.05, 4.69) is 10.3 Å². The van der Waals surface area contributed by atoms with Gasteiger partial charge < -0.3 is 15.4 Å².